The van der Waals surface area contributed by atoms with E-state index in [-0.39, 0.29) is 23.7 Å². The number of carbonyl (C=O) groups excluding carboxylic acids is 1. The number of hydrogen-bond acceptors (Lipinski definition) is 6. The molecule has 2 N–H and O–H groups in total. The summed E-state index contributed by atoms with van der Waals surface area (Å²) >= 11 is 0. The standard InChI is InChI=1S/C24H26N4O4/c1-27(20(16-9-5-3-6-10-16)17-11-7-4-8-12-17)24-26-19(21(29)23(31)28(24)2)22(30)25-18-13-14-32-15-18/h3-12,18,20,29H,13-15H2,1-2H3,(H,25,30). The largest absolute Gasteiger partial charge is 0.501 e. The Labute approximate surface area is 186 Å². The van der Waals surface area contributed by atoms with Crippen molar-refractivity contribution < 1.29 is 14.6 Å². The summed E-state index contributed by atoms with van der Waals surface area (Å²) in [5, 5.41) is 13.2. The lowest BCUT2D eigenvalue weighted by atomic mass is 9.97. The van der Waals surface area contributed by atoms with E-state index < -0.39 is 17.2 Å². The van der Waals surface area contributed by atoms with Gasteiger partial charge in [-0.05, 0) is 17.5 Å². The van der Waals surface area contributed by atoms with Crippen molar-refractivity contribution in [3.8, 4) is 5.75 Å². The Balaban J connectivity index is 1.77. The van der Waals surface area contributed by atoms with Crippen LogP contribution in [0.5, 0.6) is 5.75 Å². The summed E-state index contributed by atoms with van der Waals surface area (Å²) in [6, 6.07) is 19.2. The Morgan fingerprint density at radius 2 is 1.75 bits per heavy atom. The summed E-state index contributed by atoms with van der Waals surface area (Å²) in [6.45, 7) is 0.957. The molecule has 2 heterocycles. The Morgan fingerprint density at radius 3 is 2.28 bits per heavy atom. The maximum atomic E-state index is 12.8. The summed E-state index contributed by atoms with van der Waals surface area (Å²) in [7, 11) is 3.34. The molecular formula is C24H26N4O4. The molecule has 1 fully saturated rings. The number of rotatable bonds is 6. The number of benzene rings is 2. The van der Waals surface area contributed by atoms with E-state index >= 15 is 0 Å². The highest BCUT2D eigenvalue weighted by Crippen LogP contribution is 2.31. The van der Waals surface area contributed by atoms with Gasteiger partial charge in [0.25, 0.3) is 11.5 Å². The highest BCUT2D eigenvalue weighted by atomic mass is 16.5. The van der Waals surface area contributed by atoms with Gasteiger partial charge in [-0.25, -0.2) is 4.98 Å². The molecule has 1 aliphatic rings. The normalized spacial score (nSPS) is 15.7. The number of anilines is 1. The Bertz CT molecular complexity index is 1100. The molecule has 1 atom stereocenters. The van der Waals surface area contributed by atoms with Crippen LogP contribution < -0.4 is 15.8 Å². The fourth-order valence-corrected chi connectivity index (χ4v) is 3.98. The molecule has 0 bridgehead atoms. The molecule has 8 heteroatoms. The van der Waals surface area contributed by atoms with Crippen molar-refractivity contribution in [3.05, 3.63) is 87.8 Å². The third-order valence-corrected chi connectivity index (χ3v) is 5.66. The first-order chi connectivity index (χ1) is 15.5. The van der Waals surface area contributed by atoms with Crippen LogP contribution in [0.25, 0.3) is 0 Å². The average Bonchev–Trinajstić information content (AvgIpc) is 3.32. The zero-order chi connectivity index (χ0) is 22.7. The van der Waals surface area contributed by atoms with Gasteiger partial charge in [-0.3, -0.25) is 14.2 Å². The van der Waals surface area contributed by atoms with Gasteiger partial charge in [0.05, 0.1) is 18.7 Å². The molecule has 4 rings (SSSR count). The minimum absolute atomic E-state index is 0.171. The van der Waals surface area contributed by atoms with Crippen molar-refractivity contribution >= 4 is 11.9 Å². The summed E-state index contributed by atoms with van der Waals surface area (Å²) < 4.78 is 6.54. The highest BCUT2D eigenvalue weighted by molar-refractivity contribution is 5.95. The van der Waals surface area contributed by atoms with E-state index in [2.05, 4.69) is 10.3 Å². The number of aromatic hydroxyl groups is 1. The maximum absolute atomic E-state index is 12.8. The molecule has 3 aromatic rings. The van der Waals surface area contributed by atoms with Gasteiger partial charge in [-0.2, -0.15) is 0 Å². The molecule has 8 nitrogen and oxygen atoms in total. The molecule has 0 spiro atoms. The van der Waals surface area contributed by atoms with Crippen LogP contribution in [0.15, 0.2) is 65.5 Å². The van der Waals surface area contributed by atoms with Crippen LogP contribution in [0, 0.1) is 0 Å². The molecule has 1 unspecified atom stereocenters. The van der Waals surface area contributed by atoms with E-state index in [0.717, 1.165) is 11.1 Å². The number of amides is 1. The molecule has 0 saturated carbocycles. The van der Waals surface area contributed by atoms with Gasteiger partial charge in [0.15, 0.2) is 5.69 Å². The second-order valence-corrected chi connectivity index (χ2v) is 7.84. The first kappa shape index (κ1) is 21.6. The first-order valence-corrected chi connectivity index (χ1v) is 10.5. The van der Waals surface area contributed by atoms with Crippen LogP contribution >= 0.6 is 0 Å². The van der Waals surface area contributed by atoms with Crippen molar-refractivity contribution in [1.29, 1.82) is 0 Å². The monoisotopic (exact) mass is 434 g/mol. The summed E-state index contributed by atoms with van der Waals surface area (Å²) in [4.78, 5) is 31.9. The number of hydrogen-bond donors (Lipinski definition) is 2. The lowest BCUT2D eigenvalue weighted by Crippen LogP contribution is -2.38. The van der Waals surface area contributed by atoms with Crippen LogP contribution in [0.3, 0.4) is 0 Å². The van der Waals surface area contributed by atoms with Gasteiger partial charge in [-0.1, -0.05) is 60.7 Å². The molecule has 1 amide bonds. The SMILES string of the molecule is CN(c1nc(C(=O)NC2CCOC2)c(O)c(=O)n1C)C(c1ccccc1)c1ccccc1. The summed E-state index contributed by atoms with van der Waals surface area (Å²) in [5.74, 6) is -1.00. The highest BCUT2D eigenvalue weighted by Gasteiger charge is 2.28. The van der Waals surface area contributed by atoms with Gasteiger partial charge in [-0.15, -0.1) is 0 Å². The van der Waals surface area contributed by atoms with Crippen LogP contribution in [0.2, 0.25) is 0 Å². The average molecular weight is 434 g/mol. The number of ether oxygens (including phenoxy) is 1. The fourth-order valence-electron chi connectivity index (χ4n) is 3.98. The molecule has 166 valence electrons. The minimum atomic E-state index is -0.686. The van der Waals surface area contributed by atoms with Crippen molar-refractivity contribution in [2.75, 3.05) is 25.2 Å². The molecule has 32 heavy (non-hydrogen) atoms. The molecule has 1 aliphatic heterocycles. The topological polar surface area (TPSA) is 96.7 Å². The van der Waals surface area contributed by atoms with E-state index in [1.54, 1.807) is 0 Å². The molecule has 1 aromatic heterocycles. The number of nitrogens with one attached hydrogen (secondary N) is 1. The Morgan fingerprint density at radius 1 is 1.16 bits per heavy atom. The van der Waals surface area contributed by atoms with E-state index in [1.165, 1.54) is 11.6 Å². The molecular weight excluding hydrogens is 408 g/mol. The van der Waals surface area contributed by atoms with Gasteiger partial charge >= 0.3 is 0 Å². The van der Waals surface area contributed by atoms with E-state index in [9.17, 15) is 14.7 Å². The second kappa shape index (κ2) is 9.23. The van der Waals surface area contributed by atoms with Crippen molar-refractivity contribution in [3.63, 3.8) is 0 Å². The van der Waals surface area contributed by atoms with Gasteiger partial charge in [0.1, 0.15) is 0 Å². The maximum Gasteiger partial charge on any atom is 0.297 e. The second-order valence-electron chi connectivity index (χ2n) is 7.84. The lowest BCUT2D eigenvalue weighted by Gasteiger charge is -2.31. The van der Waals surface area contributed by atoms with Gasteiger partial charge in [0, 0.05) is 20.7 Å². The van der Waals surface area contributed by atoms with Crippen LogP contribution in [-0.4, -0.2) is 46.9 Å². The van der Waals surface area contributed by atoms with E-state index in [0.29, 0.717) is 19.6 Å². The zero-order valence-electron chi connectivity index (χ0n) is 18.1. The van der Waals surface area contributed by atoms with Crippen LogP contribution in [-0.2, 0) is 11.8 Å². The predicted octanol–water partition coefficient (Wildman–Crippen LogP) is 2.23. The lowest BCUT2D eigenvalue weighted by molar-refractivity contribution is 0.0921. The number of carbonyl (C=O) groups is 1. The van der Waals surface area contributed by atoms with E-state index in [4.69, 9.17) is 4.74 Å². The van der Waals surface area contributed by atoms with E-state index in [1.807, 2.05) is 72.6 Å². The molecule has 1 saturated heterocycles. The van der Waals surface area contributed by atoms with Crippen LogP contribution in [0.1, 0.15) is 34.1 Å². The summed E-state index contributed by atoms with van der Waals surface area (Å²) in [6.07, 6.45) is 0.675. The third-order valence-electron chi connectivity index (χ3n) is 5.66. The Kier molecular flexibility index (Phi) is 6.23. The fraction of sp³-hybridized carbons (Fsp3) is 0.292. The smallest absolute Gasteiger partial charge is 0.297 e. The molecule has 0 aliphatic carbocycles. The van der Waals surface area contributed by atoms with Crippen molar-refractivity contribution in [2.45, 2.75) is 18.5 Å². The molecule has 0 radical (unpaired) electrons. The zero-order valence-corrected chi connectivity index (χ0v) is 18.1. The van der Waals surface area contributed by atoms with Gasteiger partial charge in [0.2, 0.25) is 11.7 Å². The predicted molar refractivity (Wildman–Crippen MR) is 121 cm³/mol. The number of aromatic nitrogens is 2. The van der Waals surface area contributed by atoms with Gasteiger partial charge < -0.3 is 20.1 Å². The summed E-state index contributed by atoms with van der Waals surface area (Å²) in [5.41, 5.74) is 1.02. The van der Waals surface area contributed by atoms with Crippen molar-refractivity contribution in [2.24, 2.45) is 7.05 Å². The third kappa shape index (κ3) is 4.22. The first-order valence-electron chi connectivity index (χ1n) is 10.5. The Hall–Kier alpha value is -3.65. The molecule has 2 aromatic carbocycles. The van der Waals surface area contributed by atoms with Crippen LogP contribution in [0.4, 0.5) is 5.95 Å². The number of nitrogens with zero attached hydrogens (tertiary/aromatic N) is 3. The van der Waals surface area contributed by atoms with Crippen molar-refractivity contribution in [1.82, 2.24) is 14.9 Å². The minimum Gasteiger partial charge on any atom is -0.501 e. The quantitative estimate of drug-likeness (QED) is 0.618.